The van der Waals surface area contributed by atoms with Crippen molar-refractivity contribution in [2.45, 2.75) is 64.5 Å². The molecular weight excluding hydrogens is 521 g/mol. The Morgan fingerprint density at radius 2 is 1.76 bits per heavy atom. The minimum Gasteiger partial charge on any atom is -0.487 e. The standard InChI is InChI=1S/C31H33Cl2NO4/c1-30(2,3)24-11-8-20(9-12-24)19-34(15-14-27(35)36)29(37)21-10-13-26-23(16-21)18-31(4,38-26)17-22-6-5-7-25(32)28(22)33/h5-13,16H,14-15,17-19H2,1-4H3,(H,35,36)/t31-/m0/s1. The second kappa shape index (κ2) is 11.0. The van der Waals surface area contributed by atoms with Gasteiger partial charge in [-0.2, -0.15) is 0 Å². The smallest absolute Gasteiger partial charge is 0.305 e. The lowest BCUT2D eigenvalue weighted by molar-refractivity contribution is -0.137. The summed E-state index contributed by atoms with van der Waals surface area (Å²) in [5, 5.41) is 10.3. The zero-order valence-electron chi connectivity index (χ0n) is 22.2. The molecule has 200 valence electrons. The van der Waals surface area contributed by atoms with Crippen molar-refractivity contribution < 1.29 is 19.4 Å². The Morgan fingerprint density at radius 1 is 1.05 bits per heavy atom. The number of benzene rings is 3. The van der Waals surface area contributed by atoms with Crippen LogP contribution in [0.5, 0.6) is 5.75 Å². The number of carboxylic acid groups (broad SMARTS) is 1. The Hall–Kier alpha value is -3.02. The van der Waals surface area contributed by atoms with Crippen LogP contribution in [0.1, 0.15) is 66.7 Å². The van der Waals surface area contributed by atoms with Crippen LogP contribution >= 0.6 is 23.2 Å². The zero-order chi connectivity index (χ0) is 27.7. The van der Waals surface area contributed by atoms with Crippen LogP contribution in [0.3, 0.4) is 0 Å². The highest BCUT2D eigenvalue weighted by atomic mass is 35.5. The lowest BCUT2D eigenvalue weighted by Crippen LogP contribution is -2.33. The molecule has 1 atom stereocenters. The first kappa shape index (κ1) is 28.0. The number of carbonyl (C=O) groups excluding carboxylic acids is 1. The van der Waals surface area contributed by atoms with Gasteiger partial charge in [0.15, 0.2) is 0 Å². The predicted molar refractivity (Wildman–Crippen MR) is 151 cm³/mol. The van der Waals surface area contributed by atoms with E-state index in [2.05, 4.69) is 32.9 Å². The number of rotatable bonds is 8. The van der Waals surface area contributed by atoms with E-state index in [1.54, 1.807) is 17.0 Å². The van der Waals surface area contributed by atoms with Crippen LogP contribution in [0.15, 0.2) is 60.7 Å². The molecule has 0 spiro atoms. The van der Waals surface area contributed by atoms with Gasteiger partial charge >= 0.3 is 5.97 Å². The van der Waals surface area contributed by atoms with Gasteiger partial charge in [-0.15, -0.1) is 0 Å². The summed E-state index contributed by atoms with van der Waals surface area (Å²) in [6.07, 6.45) is 1.05. The highest BCUT2D eigenvalue weighted by Crippen LogP contribution is 2.39. The Labute approximate surface area is 234 Å². The van der Waals surface area contributed by atoms with Crippen LogP contribution < -0.4 is 4.74 Å². The molecule has 1 amide bonds. The summed E-state index contributed by atoms with van der Waals surface area (Å²) in [4.78, 5) is 26.5. The number of aliphatic carboxylic acids is 1. The Kier molecular flexibility index (Phi) is 8.10. The summed E-state index contributed by atoms with van der Waals surface area (Å²) in [7, 11) is 0. The molecule has 7 heteroatoms. The van der Waals surface area contributed by atoms with Gasteiger partial charge in [0.05, 0.1) is 16.5 Å². The first-order valence-corrected chi connectivity index (χ1v) is 13.5. The van der Waals surface area contributed by atoms with Crippen LogP contribution in [0.4, 0.5) is 0 Å². The van der Waals surface area contributed by atoms with Gasteiger partial charge in [-0.3, -0.25) is 9.59 Å². The average molecular weight is 555 g/mol. The molecule has 4 rings (SSSR count). The molecule has 1 aliphatic heterocycles. The van der Waals surface area contributed by atoms with Gasteiger partial charge in [0.2, 0.25) is 0 Å². The third kappa shape index (κ3) is 6.51. The van der Waals surface area contributed by atoms with E-state index in [1.807, 2.05) is 43.3 Å². The van der Waals surface area contributed by atoms with Crippen LogP contribution in [0, 0.1) is 0 Å². The SMILES string of the molecule is CC(C)(C)c1ccc(CN(CCC(=O)O)C(=O)c2ccc3c(c2)C[C@](C)(Cc2cccc(Cl)c2Cl)O3)cc1. The summed E-state index contributed by atoms with van der Waals surface area (Å²) in [5.41, 5.74) is 3.99. The van der Waals surface area contributed by atoms with Crippen molar-refractivity contribution in [3.05, 3.63) is 98.5 Å². The number of amides is 1. The van der Waals surface area contributed by atoms with E-state index in [1.165, 1.54) is 5.56 Å². The quantitative estimate of drug-likeness (QED) is 0.316. The first-order valence-electron chi connectivity index (χ1n) is 12.7. The fourth-order valence-corrected chi connectivity index (χ4v) is 5.22. The van der Waals surface area contributed by atoms with Gasteiger partial charge < -0.3 is 14.7 Å². The molecular formula is C31H33Cl2NO4. The molecule has 38 heavy (non-hydrogen) atoms. The van der Waals surface area contributed by atoms with Crippen molar-refractivity contribution in [2.75, 3.05) is 6.54 Å². The lowest BCUT2D eigenvalue weighted by atomic mass is 9.87. The van der Waals surface area contributed by atoms with E-state index in [4.69, 9.17) is 27.9 Å². The summed E-state index contributed by atoms with van der Waals surface area (Å²) >= 11 is 12.6. The zero-order valence-corrected chi connectivity index (χ0v) is 23.7. The third-order valence-corrected chi connectivity index (χ3v) is 7.76. The average Bonchev–Trinajstić information content (AvgIpc) is 3.18. The number of fused-ring (bicyclic) bond motifs is 1. The first-order chi connectivity index (χ1) is 17.8. The number of hydrogen-bond donors (Lipinski definition) is 1. The molecule has 3 aromatic rings. The number of halogens is 2. The van der Waals surface area contributed by atoms with Gasteiger partial charge in [-0.25, -0.2) is 0 Å². The highest BCUT2D eigenvalue weighted by Gasteiger charge is 2.36. The minimum absolute atomic E-state index is 0.0242. The topological polar surface area (TPSA) is 66.8 Å². The van der Waals surface area contributed by atoms with Crippen molar-refractivity contribution in [1.82, 2.24) is 4.90 Å². The number of ether oxygens (including phenoxy) is 1. The maximum atomic E-state index is 13.6. The second-order valence-electron chi connectivity index (χ2n) is 11.3. The van der Waals surface area contributed by atoms with Crippen molar-refractivity contribution in [3.63, 3.8) is 0 Å². The molecule has 0 bridgehead atoms. The highest BCUT2D eigenvalue weighted by molar-refractivity contribution is 6.42. The van der Waals surface area contributed by atoms with E-state index < -0.39 is 11.6 Å². The van der Waals surface area contributed by atoms with E-state index >= 15 is 0 Å². The van der Waals surface area contributed by atoms with Crippen LogP contribution in [-0.2, 0) is 29.6 Å². The largest absolute Gasteiger partial charge is 0.487 e. The van der Waals surface area contributed by atoms with Gasteiger partial charge in [0.25, 0.3) is 5.91 Å². The van der Waals surface area contributed by atoms with Gasteiger partial charge in [-0.05, 0) is 58.9 Å². The van der Waals surface area contributed by atoms with E-state index in [9.17, 15) is 14.7 Å². The molecule has 3 aromatic carbocycles. The second-order valence-corrected chi connectivity index (χ2v) is 12.0. The predicted octanol–water partition coefficient (Wildman–Crippen LogP) is 7.34. The number of carbonyl (C=O) groups is 2. The summed E-state index contributed by atoms with van der Waals surface area (Å²) in [6.45, 7) is 8.92. The summed E-state index contributed by atoms with van der Waals surface area (Å²) < 4.78 is 6.30. The van der Waals surface area contributed by atoms with Crippen molar-refractivity contribution in [3.8, 4) is 5.75 Å². The van der Waals surface area contributed by atoms with E-state index in [0.717, 1.165) is 22.4 Å². The molecule has 0 aliphatic carbocycles. The van der Waals surface area contributed by atoms with Crippen molar-refractivity contribution in [2.24, 2.45) is 0 Å². The molecule has 5 nitrogen and oxygen atoms in total. The van der Waals surface area contributed by atoms with E-state index in [0.29, 0.717) is 35.0 Å². The molecule has 0 unspecified atom stereocenters. The molecule has 0 saturated carbocycles. The van der Waals surface area contributed by atoms with Gasteiger partial charge in [0, 0.05) is 31.5 Å². The summed E-state index contributed by atoms with van der Waals surface area (Å²) in [5.74, 6) is -0.416. The monoisotopic (exact) mass is 553 g/mol. The Balaban J connectivity index is 1.53. The Morgan fingerprint density at radius 3 is 2.42 bits per heavy atom. The molecule has 0 radical (unpaired) electrons. The number of hydrogen-bond acceptors (Lipinski definition) is 3. The number of nitrogens with zero attached hydrogens (tertiary/aromatic N) is 1. The van der Waals surface area contributed by atoms with E-state index in [-0.39, 0.29) is 24.3 Å². The molecule has 0 saturated heterocycles. The number of carboxylic acids is 1. The normalized spacial score (nSPS) is 16.6. The maximum Gasteiger partial charge on any atom is 0.305 e. The van der Waals surface area contributed by atoms with Crippen molar-refractivity contribution in [1.29, 1.82) is 0 Å². The minimum atomic E-state index is -0.941. The molecule has 0 fully saturated rings. The van der Waals surface area contributed by atoms with Crippen LogP contribution in [0.2, 0.25) is 10.0 Å². The fourth-order valence-electron chi connectivity index (χ4n) is 4.84. The van der Waals surface area contributed by atoms with Crippen LogP contribution in [0.25, 0.3) is 0 Å². The Bertz CT molecular complexity index is 1350. The molecule has 1 aliphatic rings. The van der Waals surface area contributed by atoms with Crippen molar-refractivity contribution >= 4 is 35.1 Å². The van der Waals surface area contributed by atoms with Gasteiger partial charge in [0.1, 0.15) is 11.4 Å². The third-order valence-electron chi connectivity index (χ3n) is 6.90. The molecule has 1 N–H and O–H groups in total. The fraction of sp³-hybridized carbons (Fsp3) is 0.355. The summed E-state index contributed by atoms with van der Waals surface area (Å²) in [6, 6.07) is 19.1. The van der Waals surface area contributed by atoms with Gasteiger partial charge in [-0.1, -0.05) is 80.4 Å². The lowest BCUT2D eigenvalue weighted by Gasteiger charge is -2.24. The molecule has 0 aromatic heterocycles. The van der Waals surface area contributed by atoms with Crippen LogP contribution in [-0.4, -0.2) is 34.0 Å². The molecule has 1 heterocycles. The maximum absolute atomic E-state index is 13.6.